The van der Waals surface area contributed by atoms with E-state index in [9.17, 15) is 0 Å². The molecule has 668 valence electrons. The minimum absolute atomic E-state index is 0.595. The SMILES string of the molecule is c1ccc(-c2nc(-c3ccc4c(ccc5ccc6cc7oc8ccccc8c7cc6c54)c3)nc(-c3ccc4c(c3)oc3ccccc34)n2)cc1.c1ccc(-c2nc(-c3ccc4ccccc4c3)nc(-c3ccc4c(ccc5c6sc7ccccc7c6c6ccccc6c45)c3)n2)cc1.c1ccc(-c2nc(-c3ccc4ccccc4c3)nc(-c3ccc4c(ccc5ccc6cc7c(cc6c54)oc4ccccc47)c3)n2)cc1. The van der Waals surface area contributed by atoms with Crippen molar-refractivity contribution < 1.29 is 13.3 Å². The Kier molecular flexibility index (Phi) is 18.9. The maximum absolute atomic E-state index is 6.29. The van der Waals surface area contributed by atoms with Crippen LogP contribution >= 0.6 is 11.3 Å². The lowest BCUT2D eigenvalue weighted by Crippen LogP contribution is -2.00. The maximum atomic E-state index is 6.29. The van der Waals surface area contributed by atoms with Gasteiger partial charge in [-0.3, -0.25) is 0 Å². The summed E-state index contributed by atoms with van der Waals surface area (Å²) >= 11 is 1.89. The van der Waals surface area contributed by atoms with E-state index < -0.39 is 0 Å². The second-order valence-corrected chi connectivity index (χ2v) is 37.9. The molecule has 13 heteroatoms. The van der Waals surface area contributed by atoms with Crippen molar-refractivity contribution in [2.75, 3.05) is 0 Å². The number of rotatable bonds is 9. The molecule has 7 aromatic heterocycles. The summed E-state index contributed by atoms with van der Waals surface area (Å²) < 4.78 is 21.4. The molecule has 0 aliphatic rings. The minimum atomic E-state index is 0.595. The molecule has 7 heterocycles. The molecule has 0 unspecified atom stereocenters. The third kappa shape index (κ3) is 14.0. The Balaban J connectivity index is 0.000000103. The van der Waals surface area contributed by atoms with Crippen molar-refractivity contribution in [1.82, 2.24) is 44.9 Å². The lowest BCUT2D eigenvalue weighted by Gasteiger charge is -2.12. The van der Waals surface area contributed by atoms with Crippen LogP contribution in [0.3, 0.4) is 0 Å². The summed E-state index contributed by atoms with van der Waals surface area (Å²) in [6, 6.07) is 159. The van der Waals surface area contributed by atoms with Crippen LogP contribution in [0.1, 0.15) is 0 Å². The molecule has 0 radical (unpaired) electrons. The van der Waals surface area contributed by atoms with Crippen molar-refractivity contribution in [3.05, 3.63) is 455 Å². The van der Waals surface area contributed by atoms with Gasteiger partial charge in [-0.1, -0.05) is 364 Å². The summed E-state index contributed by atoms with van der Waals surface area (Å²) in [5.74, 6) is 5.77. The van der Waals surface area contributed by atoms with Gasteiger partial charge in [0.25, 0.3) is 0 Å². The van der Waals surface area contributed by atoms with Crippen molar-refractivity contribution in [2.24, 2.45) is 0 Å². The summed E-state index contributed by atoms with van der Waals surface area (Å²) in [6.45, 7) is 0. The average molecular weight is 1860 g/mol. The van der Waals surface area contributed by atoms with Crippen molar-refractivity contribution in [3.63, 3.8) is 0 Å². The summed E-state index contributed by atoms with van der Waals surface area (Å²) in [7, 11) is 0. The molecule has 12 nitrogen and oxygen atoms in total. The molecule has 144 heavy (non-hydrogen) atoms. The number of para-hydroxylation sites is 3. The lowest BCUT2D eigenvalue weighted by molar-refractivity contribution is 0.668. The van der Waals surface area contributed by atoms with Gasteiger partial charge in [-0.05, 0) is 204 Å². The number of hydrogen-bond donors (Lipinski definition) is 0. The van der Waals surface area contributed by atoms with Crippen molar-refractivity contribution in [3.8, 4) is 102 Å². The standard InChI is InChI=1S/C45H25N3O2.C43H25N3O.C43H25N3S/c1-2-8-27(9-3-1)43-46-44(48-45(47-43)31-19-21-35-33-10-4-6-12-38(33)49-40(35)24-31)30-18-20-32-28(22-30)16-14-26-15-17-29-23-41-37(25-36(29)42(26)32)34-11-5-7-13-39(34)50-41;1-2-9-28(10-3-1)41-44-42(32-19-14-26-8-4-5-11-29(26)22-32)46-43(45-41)33-20-21-34-30(23-33)17-15-27-16-18-31-24-37-35-12-6-7-13-38(35)47-39(37)25-36(31)40(27)34;1-2-11-27(12-3-1)41-44-42(30-19-18-26-10-4-5-13-28(26)24-30)46-43(45-41)31-21-22-32-29(25-31)20-23-36-38(32)33-14-6-7-15-34(33)39-35-16-8-9-17-37(35)47-40(36)39/h1-25H;2*1-25H. The van der Waals surface area contributed by atoms with Crippen LogP contribution in [0, 0.1) is 0 Å². The van der Waals surface area contributed by atoms with Gasteiger partial charge in [0, 0.05) is 108 Å². The number of aromatic nitrogens is 9. The zero-order chi connectivity index (χ0) is 94.6. The third-order valence-electron chi connectivity index (χ3n) is 28.4. The van der Waals surface area contributed by atoms with Gasteiger partial charge in [0.15, 0.2) is 52.4 Å². The van der Waals surface area contributed by atoms with Crippen molar-refractivity contribution in [1.29, 1.82) is 0 Å². The largest absolute Gasteiger partial charge is 0.456 e. The molecule has 0 aliphatic carbocycles. The van der Waals surface area contributed by atoms with E-state index in [1.165, 1.54) is 106 Å². The molecule has 0 saturated carbocycles. The van der Waals surface area contributed by atoms with Crippen molar-refractivity contribution in [2.45, 2.75) is 0 Å². The Hall–Kier alpha value is -19.2. The first kappa shape index (κ1) is 81.9. The molecule has 0 atom stereocenters. The van der Waals surface area contributed by atoms with Gasteiger partial charge in [0.1, 0.15) is 33.5 Å². The van der Waals surface area contributed by atoms with Gasteiger partial charge in [-0.15, -0.1) is 11.3 Å². The number of benzene rings is 24. The molecule has 31 aromatic rings. The molecule has 0 amide bonds. The molecule has 0 bridgehead atoms. The maximum Gasteiger partial charge on any atom is 0.164 e. The van der Waals surface area contributed by atoms with E-state index >= 15 is 0 Å². The highest BCUT2D eigenvalue weighted by molar-refractivity contribution is 7.27. The third-order valence-corrected chi connectivity index (χ3v) is 29.6. The molecule has 0 N–H and O–H groups in total. The van der Waals surface area contributed by atoms with Crippen LogP contribution in [-0.4, -0.2) is 44.9 Å². The highest BCUT2D eigenvalue weighted by atomic mass is 32.1. The Morgan fingerprint density at radius 2 is 0.410 bits per heavy atom. The number of hydrogen-bond acceptors (Lipinski definition) is 13. The number of furan rings is 3. The minimum Gasteiger partial charge on any atom is -0.456 e. The molecule has 0 aliphatic heterocycles. The Labute approximate surface area is 825 Å². The van der Waals surface area contributed by atoms with E-state index in [4.69, 9.17) is 58.1 Å². The van der Waals surface area contributed by atoms with Gasteiger partial charge in [0.2, 0.25) is 0 Å². The van der Waals surface area contributed by atoms with Crippen LogP contribution < -0.4 is 0 Å². The van der Waals surface area contributed by atoms with Crippen LogP contribution in [0.2, 0.25) is 0 Å². The fourth-order valence-electron chi connectivity index (χ4n) is 21.4. The van der Waals surface area contributed by atoms with E-state index in [1.807, 2.05) is 139 Å². The Morgan fingerprint density at radius 3 is 0.868 bits per heavy atom. The lowest BCUT2D eigenvalue weighted by atomic mass is 9.93. The monoisotopic (exact) mass is 1850 g/mol. The molecular formula is C131H75N9O3S. The number of fused-ring (bicyclic) bond motifs is 31. The molecule has 24 aromatic carbocycles. The smallest absolute Gasteiger partial charge is 0.164 e. The van der Waals surface area contributed by atoms with E-state index in [0.29, 0.717) is 52.4 Å². The first-order valence-electron chi connectivity index (χ1n) is 48.2. The van der Waals surface area contributed by atoms with Gasteiger partial charge in [-0.25, -0.2) is 44.9 Å². The Morgan fingerprint density at radius 1 is 0.132 bits per heavy atom. The second kappa shape index (κ2) is 33.3. The number of nitrogens with zero attached hydrogens (tertiary/aromatic N) is 9. The fourth-order valence-corrected chi connectivity index (χ4v) is 22.7. The first-order chi connectivity index (χ1) is 71.3. The molecule has 0 spiro atoms. The molecule has 0 saturated heterocycles. The van der Waals surface area contributed by atoms with E-state index in [-0.39, 0.29) is 0 Å². The predicted molar refractivity (Wildman–Crippen MR) is 596 cm³/mol. The quantitative estimate of drug-likeness (QED) is 0.126. The predicted octanol–water partition coefficient (Wildman–Crippen LogP) is 35.4. The van der Waals surface area contributed by atoms with Crippen LogP contribution in [0.25, 0.3) is 307 Å². The van der Waals surface area contributed by atoms with Crippen molar-refractivity contribution >= 4 is 216 Å². The van der Waals surface area contributed by atoms with E-state index in [1.54, 1.807) is 0 Å². The topological polar surface area (TPSA) is 155 Å². The molecule has 31 rings (SSSR count). The molecule has 0 fully saturated rings. The summed E-state index contributed by atoms with van der Waals surface area (Å²) in [5.41, 5.74) is 13.7. The first-order valence-corrected chi connectivity index (χ1v) is 49.0. The van der Waals surface area contributed by atoms with Crippen LogP contribution in [0.4, 0.5) is 0 Å². The number of thiophene rings is 1. The molecular weight excluding hydrogens is 1780 g/mol. The van der Waals surface area contributed by atoms with E-state index in [2.05, 4.69) is 328 Å². The summed E-state index contributed by atoms with van der Waals surface area (Å²) in [4.78, 5) is 45.1. The summed E-state index contributed by atoms with van der Waals surface area (Å²) in [5, 5.41) is 35.8. The van der Waals surface area contributed by atoms with Gasteiger partial charge >= 0.3 is 0 Å². The van der Waals surface area contributed by atoms with Gasteiger partial charge in [-0.2, -0.15) is 0 Å². The summed E-state index contributed by atoms with van der Waals surface area (Å²) in [6.07, 6.45) is 0. The van der Waals surface area contributed by atoms with Crippen LogP contribution in [-0.2, 0) is 0 Å². The highest BCUT2D eigenvalue weighted by Crippen LogP contribution is 2.49. The Bertz CT molecular complexity index is 10800. The zero-order valence-corrected chi connectivity index (χ0v) is 77.8. The fraction of sp³-hybridized carbons (Fsp3) is 0. The van der Waals surface area contributed by atoms with Gasteiger partial charge < -0.3 is 13.3 Å². The van der Waals surface area contributed by atoms with Crippen LogP contribution in [0.5, 0.6) is 0 Å². The normalized spacial score (nSPS) is 11.9. The highest BCUT2D eigenvalue weighted by Gasteiger charge is 2.24. The zero-order valence-electron chi connectivity index (χ0n) is 77.0. The van der Waals surface area contributed by atoms with Crippen LogP contribution in [0.15, 0.2) is 468 Å². The van der Waals surface area contributed by atoms with E-state index in [0.717, 1.165) is 148 Å². The van der Waals surface area contributed by atoms with Gasteiger partial charge in [0.05, 0.1) is 0 Å². The second-order valence-electron chi connectivity index (χ2n) is 36.9. The average Bonchev–Trinajstić information content (AvgIpc) is 1.50.